The SMILES string of the molecule is CC1CC2(CCNCC2c2cccc(Cl)c2)CN1C. The smallest absolute Gasteiger partial charge is 0.0408 e. The van der Waals surface area contributed by atoms with Crippen molar-refractivity contribution in [3.05, 3.63) is 34.9 Å². The first-order valence-electron chi connectivity index (χ1n) is 7.27. The molecule has 2 heterocycles. The van der Waals surface area contributed by atoms with E-state index in [0.29, 0.717) is 17.4 Å². The fourth-order valence-corrected chi connectivity index (χ4v) is 4.26. The lowest BCUT2D eigenvalue weighted by atomic mass is 9.66. The predicted molar refractivity (Wildman–Crippen MR) is 80.8 cm³/mol. The Hall–Kier alpha value is -0.570. The van der Waals surface area contributed by atoms with E-state index in [4.69, 9.17) is 11.6 Å². The molecule has 1 aromatic carbocycles. The van der Waals surface area contributed by atoms with Gasteiger partial charge >= 0.3 is 0 Å². The summed E-state index contributed by atoms with van der Waals surface area (Å²) in [6.45, 7) is 5.80. The molecule has 0 radical (unpaired) electrons. The topological polar surface area (TPSA) is 15.3 Å². The van der Waals surface area contributed by atoms with Crippen LogP contribution in [-0.2, 0) is 0 Å². The Morgan fingerprint density at radius 3 is 2.95 bits per heavy atom. The van der Waals surface area contributed by atoms with Crippen molar-refractivity contribution in [3.8, 4) is 0 Å². The van der Waals surface area contributed by atoms with Crippen LogP contribution in [-0.4, -0.2) is 37.6 Å². The second kappa shape index (κ2) is 5.08. The minimum atomic E-state index is 0.435. The molecule has 2 nitrogen and oxygen atoms in total. The molecule has 2 saturated heterocycles. The van der Waals surface area contributed by atoms with Crippen molar-refractivity contribution in [1.82, 2.24) is 10.2 Å². The van der Waals surface area contributed by atoms with E-state index in [0.717, 1.165) is 18.1 Å². The number of benzene rings is 1. The summed E-state index contributed by atoms with van der Waals surface area (Å²) in [7, 11) is 2.26. The Labute approximate surface area is 121 Å². The standard InChI is InChI=1S/C16H23ClN2/c1-12-9-16(11-19(12)2)6-7-18-10-15(16)13-4-3-5-14(17)8-13/h3-5,8,12,15,18H,6-7,9-11H2,1-2H3. The van der Waals surface area contributed by atoms with Crippen LogP contribution in [0.15, 0.2) is 24.3 Å². The lowest BCUT2D eigenvalue weighted by Crippen LogP contribution is -2.45. The van der Waals surface area contributed by atoms with Crippen LogP contribution in [0.2, 0.25) is 5.02 Å². The zero-order chi connectivity index (χ0) is 13.5. The summed E-state index contributed by atoms with van der Waals surface area (Å²) in [4.78, 5) is 2.52. The van der Waals surface area contributed by atoms with E-state index in [-0.39, 0.29) is 0 Å². The van der Waals surface area contributed by atoms with Crippen LogP contribution in [0.4, 0.5) is 0 Å². The number of likely N-dealkylation sites (tertiary alicyclic amines) is 1. The van der Waals surface area contributed by atoms with Crippen molar-refractivity contribution in [2.24, 2.45) is 5.41 Å². The third kappa shape index (κ3) is 2.42. The molecular formula is C16H23ClN2. The predicted octanol–water partition coefficient (Wildman–Crippen LogP) is 3.13. The first kappa shape index (κ1) is 13.4. The van der Waals surface area contributed by atoms with Gasteiger partial charge in [-0.15, -0.1) is 0 Å². The molecule has 3 heteroatoms. The highest BCUT2D eigenvalue weighted by Gasteiger charge is 2.47. The summed E-state index contributed by atoms with van der Waals surface area (Å²) in [5.74, 6) is 0.590. The van der Waals surface area contributed by atoms with Gasteiger partial charge in [-0.25, -0.2) is 0 Å². The summed E-state index contributed by atoms with van der Waals surface area (Å²) in [5, 5.41) is 4.43. The van der Waals surface area contributed by atoms with Gasteiger partial charge in [-0.3, -0.25) is 0 Å². The molecule has 3 atom stereocenters. The molecule has 3 unspecified atom stereocenters. The maximum atomic E-state index is 6.19. The van der Waals surface area contributed by atoms with Gasteiger partial charge in [-0.05, 0) is 56.5 Å². The summed E-state index contributed by atoms with van der Waals surface area (Å²) >= 11 is 6.19. The Morgan fingerprint density at radius 1 is 1.42 bits per heavy atom. The van der Waals surface area contributed by atoms with Gasteiger partial charge in [0, 0.05) is 30.1 Å². The minimum Gasteiger partial charge on any atom is -0.316 e. The molecule has 3 rings (SSSR count). The van der Waals surface area contributed by atoms with Crippen molar-refractivity contribution >= 4 is 11.6 Å². The molecule has 0 saturated carbocycles. The largest absolute Gasteiger partial charge is 0.316 e. The number of rotatable bonds is 1. The molecule has 0 aliphatic carbocycles. The maximum absolute atomic E-state index is 6.19. The quantitative estimate of drug-likeness (QED) is 0.849. The Kier molecular flexibility index (Phi) is 3.59. The Balaban J connectivity index is 1.94. The number of hydrogen-bond donors (Lipinski definition) is 1. The lowest BCUT2D eigenvalue weighted by Gasteiger charge is -2.42. The monoisotopic (exact) mass is 278 g/mol. The van der Waals surface area contributed by atoms with E-state index in [9.17, 15) is 0 Å². The van der Waals surface area contributed by atoms with Crippen LogP contribution >= 0.6 is 11.6 Å². The zero-order valence-electron chi connectivity index (χ0n) is 11.8. The van der Waals surface area contributed by atoms with Crippen molar-refractivity contribution < 1.29 is 0 Å². The van der Waals surface area contributed by atoms with Crippen LogP contribution < -0.4 is 5.32 Å². The van der Waals surface area contributed by atoms with Crippen molar-refractivity contribution in [1.29, 1.82) is 0 Å². The van der Waals surface area contributed by atoms with Gasteiger partial charge in [0.2, 0.25) is 0 Å². The van der Waals surface area contributed by atoms with Crippen LogP contribution in [0.25, 0.3) is 0 Å². The van der Waals surface area contributed by atoms with Gasteiger partial charge in [0.15, 0.2) is 0 Å². The van der Waals surface area contributed by atoms with Crippen molar-refractivity contribution in [2.45, 2.75) is 31.7 Å². The number of piperidine rings is 1. The number of nitrogens with zero attached hydrogens (tertiary/aromatic N) is 1. The molecular weight excluding hydrogens is 256 g/mol. The maximum Gasteiger partial charge on any atom is 0.0408 e. The fraction of sp³-hybridized carbons (Fsp3) is 0.625. The molecule has 0 aromatic heterocycles. The molecule has 1 aromatic rings. The van der Waals surface area contributed by atoms with Crippen molar-refractivity contribution in [3.63, 3.8) is 0 Å². The molecule has 0 bridgehead atoms. The van der Waals surface area contributed by atoms with Gasteiger partial charge in [-0.2, -0.15) is 0 Å². The molecule has 2 aliphatic heterocycles. The lowest BCUT2D eigenvalue weighted by molar-refractivity contribution is 0.170. The van der Waals surface area contributed by atoms with Gasteiger partial charge in [-0.1, -0.05) is 23.7 Å². The molecule has 19 heavy (non-hydrogen) atoms. The average Bonchev–Trinajstić information content (AvgIpc) is 2.65. The second-order valence-electron chi connectivity index (χ2n) is 6.39. The Morgan fingerprint density at radius 2 is 2.26 bits per heavy atom. The van der Waals surface area contributed by atoms with Gasteiger partial charge in [0.05, 0.1) is 0 Å². The van der Waals surface area contributed by atoms with Crippen LogP contribution in [0, 0.1) is 5.41 Å². The second-order valence-corrected chi connectivity index (χ2v) is 6.83. The Bertz CT molecular complexity index is 450. The molecule has 0 amide bonds. The van der Waals surface area contributed by atoms with Crippen LogP contribution in [0.3, 0.4) is 0 Å². The summed E-state index contributed by atoms with van der Waals surface area (Å²) in [6, 6.07) is 9.15. The van der Waals surface area contributed by atoms with E-state index in [1.54, 1.807) is 0 Å². The summed E-state index contributed by atoms with van der Waals surface area (Å²) < 4.78 is 0. The molecule has 2 aliphatic rings. The first-order chi connectivity index (χ1) is 9.11. The van der Waals surface area contributed by atoms with Crippen LogP contribution in [0.5, 0.6) is 0 Å². The third-order valence-corrected chi connectivity index (χ3v) is 5.39. The van der Waals surface area contributed by atoms with Gasteiger partial charge < -0.3 is 10.2 Å². The van der Waals surface area contributed by atoms with E-state index >= 15 is 0 Å². The van der Waals surface area contributed by atoms with E-state index in [2.05, 4.69) is 42.4 Å². The minimum absolute atomic E-state index is 0.435. The highest BCUT2D eigenvalue weighted by atomic mass is 35.5. The zero-order valence-corrected chi connectivity index (χ0v) is 12.6. The molecule has 1 N–H and O–H groups in total. The normalized spacial score (nSPS) is 35.9. The van der Waals surface area contributed by atoms with E-state index in [1.165, 1.54) is 24.9 Å². The first-order valence-corrected chi connectivity index (χ1v) is 7.65. The number of nitrogens with one attached hydrogen (secondary N) is 1. The van der Waals surface area contributed by atoms with Gasteiger partial charge in [0.1, 0.15) is 0 Å². The third-order valence-electron chi connectivity index (χ3n) is 5.16. The number of halogens is 1. The highest BCUT2D eigenvalue weighted by molar-refractivity contribution is 6.30. The van der Waals surface area contributed by atoms with E-state index < -0.39 is 0 Å². The van der Waals surface area contributed by atoms with Gasteiger partial charge in [0.25, 0.3) is 0 Å². The fourth-order valence-electron chi connectivity index (χ4n) is 4.06. The van der Waals surface area contributed by atoms with Crippen LogP contribution in [0.1, 0.15) is 31.2 Å². The van der Waals surface area contributed by atoms with E-state index in [1.807, 2.05) is 6.07 Å². The highest BCUT2D eigenvalue weighted by Crippen LogP contribution is 2.49. The average molecular weight is 279 g/mol. The van der Waals surface area contributed by atoms with Crippen molar-refractivity contribution in [2.75, 3.05) is 26.7 Å². The molecule has 2 fully saturated rings. The summed E-state index contributed by atoms with van der Waals surface area (Å²) in [5.41, 5.74) is 1.84. The molecule has 1 spiro atoms. The summed E-state index contributed by atoms with van der Waals surface area (Å²) in [6.07, 6.45) is 2.58. The molecule has 104 valence electrons. The number of hydrogen-bond acceptors (Lipinski definition) is 2.